The van der Waals surface area contributed by atoms with Crippen LogP contribution in [0.2, 0.25) is 0 Å². The van der Waals surface area contributed by atoms with Crippen molar-refractivity contribution in [1.29, 1.82) is 0 Å². The highest BCUT2D eigenvalue weighted by Crippen LogP contribution is 2.23. The summed E-state index contributed by atoms with van der Waals surface area (Å²) >= 11 is 1.56. The maximum Gasteiger partial charge on any atom is 0.146 e. The van der Waals surface area contributed by atoms with Crippen LogP contribution in [0.4, 0.5) is 5.82 Å². The number of likely N-dealkylation sites (N-methyl/N-ethyl adjacent to an activating group) is 1. The number of nitrogens with two attached hydrogens (primary N) is 1. The molecule has 0 spiro atoms. The van der Waals surface area contributed by atoms with Gasteiger partial charge < -0.3 is 10.8 Å². The lowest BCUT2D eigenvalue weighted by molar-refractivity contribution is 0.0346. The molecule has 19 heavy (non-hydrogen) atoms. The van der Waals surface area contributed by atoms with Gasteiger partial charge in [0.1, 0.15) is 16.5 Å². The highest BCUT2D eigenvalue weighted by atomic mass is 32.1. The van der Waals surface area contributed by atoms with Crippen LogP contribution in [0.25, 0.3) is 10.2 Å². The van der Waals surface area contributed by atoms with E-state index in [1.165, 1.54) is 0 Å². The lowest BCUT2D eigenvalue weighted by atomic mass is 10.1. The second-order valence-corrected chi connectivity index (χ2v) is 6.17. The molecule has 6 heteroatoms. The zero-order chi connectivity index (χ0) is 14.0. The third kappa shape index (κ3) is 3.62. The summed E-state index contributed by atoms with van der Waals surface area (Å²) in [6.07, 6.45) is 0. The van der Waals surface area contributed by atoms with Crippen LogP contribution in [-0.2, 0) is 6.54 Å². The van der Waals surface area contributed by atoms with Gasteiger partial charge in [0.15, 0.2) is 0 Å². The fourth-order valence-electron chi connectivity index (χ4n) is 2.02. The fourth-order valence-corrected chi connectivity index (χ4v) is 2.81. The Kier molecular flexibility index (Phi) is 4.03. The van der Waals surface area contributed by atoms with Crippen LogP contribution in [0.15, 0.2) is 11.4 Å². The van der Waals surface area contributed by atoms with Gasteiger partial charge in [-0.3, -0.25) is 4.90 Å². The van der Waals surface area contributed by atoms with E-state index >= 15 is 0 Å². The first-order valence-electron chi connectivity index (χ1n) is 6.33. The van der Waals surface area contributed by atoms with Crippen LogP contribution in [-0.4, -0.2) is 38.7 Å². The van der Waals surface area contributed by atoms with Crippen molar-refractivity contribution in [2.75, 3.05) is 18.8 Å². The van der Waals surface area contributed by atoms with E-state index in [0.29, 0.717) is 24.7 Å². The standard InChI is InChI=1S/C13H20N4OS/c1-4-17(8-13(2,3)18)7-10-15-11(14)9-5-6-19-12(9)16-10/h5-6,18H,4,7-8H2,1-3H3,(H2,14,15,16). The zero-order valence-electron chi connectivity index (χ0n) is 11.6. The molecule has 0 radical (unpaired) electrons. The topological polar surface area (TPSA) is 75.3 Å². The van der Waals surface area contributed by atoms with Gasteiger partial charge in [-0.1, -0.05) is 6.92 Å². The number of aliphatic hydroxyl groups is 1. The van der Waals surface area contributed by atoms with Crippen LogP contribution in [0.3, 0.4) is 0 Å². The monoisotopic (exact) mass is 280 g/mol. The van der Waals surface area contributed by atoms with E-state index in [-0.39, 0.29) is 0 Å². The predicted molar refractivity (Wildman–Crippen MR) is 79.1 cm³/mol. The van der Waals surface area contributed by atoms with Gasteiger partial charge in [0.2, 0.25) is 0 Å². The second kappa shape index (κ2) is 5.40. The normalized spacial score (nSPS) is 12.5. The molecule has 0 atom stereocenters. The average molecular weight is 280 g/mol. The van der Waals surface area contributed by atoms with Crippen molar-refractivity contribution in [1.82, 2.24) is 14.9 Å². The minimum atomic E-state index is -0.728. The molecule has 104 valence electrons. The van der Waals surface area contributed by atoms with Crippen molar-refractivity contribution in [3.8, 4) is 0 Å². The number of anilines is 1. The van der Waals surface area contributed by atoms with Crippen molar-refractivity contribution < 1.29 is 5.11 Å². The number of fused-ring (bicyclic) bond motifs is 1. The third-order valence-corrected chi connectivity index (χ3v) is 3.63. The number of aromatic nitrogens is 2. The predicted octanol–water partition coefficient (Wildman–Crippen LogP) is 1.87. The number of nitrogens with zero attached hydrogens (tertiary/aromatic N) is 3. The molecule has 2 aromatic rings. The molecule has 2 heterocycles. The van der Waals surface area contributed by atoms with Crippen molar-refractivity contribution in [3.05, 3.63) is 17.3 Å². The molecular formula is C13H20N4OS. The van der Waals surface area contributed by atoms with Crippen LogP contribution in [0.1, 0.15) is 26.6 Å². The number of hydrogen-bond donors (Lipinski definition) is 2. The summed E-state index contributed by atoms with van der Waals surface area (Å²) in [5.41, 5.74) is 5.21. The van der Waals surface area contributed by atoms with Crippen LogP contribution in [0, 0.1) is 0 Å². The first-order chi connectivity index (χ1) is 8.89. The average Bonchev–Trinajstić information content (AvgIpc) is 2.74. The minimum Gasteiger partial charge on any atom is -0.389 e. The summed E-state index contributed by atoms with van der Waals surface area (Å²) in [7, 11) is 0. The highest BCUT2D eigenvalue weighted by Gasteiger charge is 2.18. The Morgan fingerprint density at radius 1 is 1.42 bits per heavy atom. The number of thiophene rings is 1. The zero-order valence-corrected chi connectivity index (χ0v) is 12.4. The molecule has 0 bridgehead atoms. The molecular weight excluding hydrogens is 260 g/mol. The van der Waals surface area contributed by atoms with Gasteiger partial charge in [0.05, 0.1) is 17.5 Å². The highest BCUT2D eigenvalue weighted by molar-refractivity contribution is 7.16. The Morgan fingerprint density at radius 2 is 2.16 bits per heavy atom. The quantitative estimate of drug-likeness (QED) is 0.874. The largest absolute Gasteiger partial charge is 0.389 e. The lowest BCUT2D eigenvalue weighted by Crippen LogP contribution is -2.38. The van der Waals surface area contributed by atoms with E-state index in [0.717, 1.165) is 16.8 Å². The minimum absolute atomic E-state index is 0.528. The van der Waals surface area contributed by atoms with E-state index < -0.39 is 5.60 Å². The molecule has 0 aliphatic rings. The van der Waals surface area contributed by atoms with Crippen molar-refractivity contribution in [2.24, 2.45) is 0 Å². The maximum absolute atomic E-state index is 9.89. The number of hydrogen-bond acceptors (Lipinski definition) is 6. The summed E-state index contributed by atoms with van der Waals surface area (Å²) in [6, 6.07) is 1.94. The summed E-state index contributed by atoms with van der Waals surface area (Å²) in [6.45, 7) is 7.66. The van der Waals surface area contributed by atoms with Crippen LogP contribution >= 0.6 is 11.3 Å². The molecule has 0 fully saturated rings. The van der Waals surface area contributed by atoms with E-state index in [1.807, 2.05) is 11.4 Å². The van der Waals surface area contributed by atoms with Gasteiger partial charge in [-0.25, -0.2) is 9.97 Å². The molecule has 0 saturated carbocycles. The molecule has 0 unspecified atom stereocenters. The number of nitrogen functional groups attached to an aromatic ring is 1. The van der Waals surface area contributed by atoms with Crippen LogP contribution < -0.4 is 5.73 Å². The van der Waals surface area contributed by atoms with Gasteiger partial charge in [-0.15, -0.1) is 11.3 Å². The Hall–Kier alpha value is -1.24. The van der Waals surface area contributed by atoms with Gasteiger partial charge in [-0.05, 0) is 31.8 Å². The Labute approximate surface area is 117 Å². The molecule has 0 amide bonds. The Bertz CT molecular complexity index is 561. The van der Waals surface area contributed by atoms with E-state index in [9.17, 15) is 5.11 Å². The Balaban J connectivity index is 2.19. The van der Waals surface area contributed by atoms with Gasteiger partial charge >= 0.3 is 0 Å². The molecule has 3 N–H and O–H groups in total. The summed E-state index contributed by atoms with van der Waals surface area (Å²) in [5.74, 6) is 1.24. The summed E-state index contributed by atoms with van der Waals surface area (Å²) in [5, 5.41) is 12.8. The van der Waals surface area contributed by atoms with E-state index in [1.54, 1.807) is 25.2 Å². The summed E-state index contributed by atoms with van der Waals surface area (Å²) < 4.78 is 0. The third-order valence-electron chi connectivity index (χ3n) is 2.82. The van der Waals surface area contributed by atoms with Crippen molar-refractivity contribution >= 4 is 27.4 Å². The lowest BCUT2D eigenvalue weighted by Gasteiger charge is -2.27. The molecule has 2 aromatic heterocycles. The molecule has 0 aromatic carbocycles. The van der Waals surface area contributed by atoms with Gasteiger partial charge in [0.25, 0.3) is 0 Å². The van der Waals surface area contributed by atoms with Crippen LogP contribution in [0.5, 0.6) is 0 Å². The number of rotatable bonds is 5. The van der Waals surface area contributed by atoms with Crippen molar-refractivity contribution in [2.45, 2.75) is 32.9 Å². The summed E-state index contributed by atoms with van der Waals surface area (Å²) in [4.78, 5) is 11.9. The molecule has 0 saturated heterocycles. The first kappa shape index (κ1) is 14.2. The van der Waals surface area contributed by atoms with E-state index in [2.05, 4.69) is 21.8 Å². The van der Waals surface area contributed by atoms with E-state index in [4.69, 9.17) is 5.73 Å². The molecule has 0 aliphatic carbocycles. The molecule has 5 nitrogen and oxygen atoms in total. The van der Waals surface area contributed by atoms with Gasteiger partial charge in [-0.2, -0.15) is 0 Å². The smallest absolute Gasteiger partial charge is 0.146 e. The molecule has 0 aliphatic heterocycles. The van der Waals surface area contributed by atoms with Crippen molar-refractivity contribution in [3.63, 3.8) is 0 Å². The first-order valence-corrected chi connectivity index (χ1v) is 7.21. The molecule has 2 rings (SSSR count). The second-order valence-electron chi connectivity index (χ2n) is 5.28. The maximum atomic E-state index is 9.89. The van der Waals surface area contributed by atoms with Gasteiger partial charge in [0, 0.05) is 6.54 Å². The Morgan fingerprint density at radius 3 is 2.79 bits per heavy atom. The SMILES string of the molecule is CCN(Cc1nc(N)c2ccsc2n1)CC(C)(C)O. The fraction of sp³-hybridized carbons (Fsp3) is 0.538.